The predicted molar refractivity (Wildman–Crippen MR) is 174 cm³/mol. The third-order valence-electron chi connectivity index (χ3n) is 8.03. The summed E-state index contributed by atoms with van der Waals surface area (Å²) in [6, 6.07) is 25.8. The molecule has 43 heavy (non-hydrogen) atoms. The molecule has 0 bridgehead atoms. The molecule has 0 radical (unpaired) electrons. The summed E-state index contributed by atoms with van der Waals surface area (Å²) >= 11 is 12.5. The second kappa shape index (κ2) is 13.6. The molecule has 0 saturated heterocycles. The standard InChI is InChI=1S/C35H35Cl2N3O3/c1-3-23(2)38-34(42)31(21-24-10-5-4-6-11-24)40(22-25-17-18-28(36)29(37)20-25)32(41)16-9-19-39-30-15-8-13-26-12-7-14-27(33(26)30)35(39)43/h4-8,10-15,17-18,20,23,31H,3,9,16,19,21-22H2,1-2H3,(H,38,42)/t23-,31+/m1/s1. The summed E-state index contributed by atoms with van der Waals surface area (Å²) in [6.07, 6.45) is 1.73. The summed E-state index contributed by atoms with van der Waals surface area (Å²) in [4.78, 5) is 44.4. The Morgan fingerprint density at radius 1 is 0.907 bits per heavy atom. The van der Waals surface area contributed by atoms with E-state index in [4.69, 9.17) is 23.2 Å². The Kier molecular flexibility index (Phi) is 9.69. The predicted octanol–water partition coefficient (Wildman–Crippen LogP) is 7.44. The first-order chi connectivity index (χ1) is 20.8. The molecule has 6 nitrogen and oxygen atoms in total. The minimum atomic E-state index is -0.746. The average Bonchev–Trinajstić information content (AvgIpc) is 3.29. The lowest BCUT2D eigenvalue weighted by Crippen LogP contribution is -2.52. The van der Waals surface area contributed by atoms with Gasteiger partial charge in [-0.15, -0.1) is 0 Å². The van der Waals surface area contributed by atoms with Gasteiger partial charge in [0.15, 0.2) is 0 Å². The Labute approximate surface area is 262 Å². The van der Waals surface area contributed by atoms with Crippen LogP contribution in [0, 0.1) is 0 Å². The third kappa shape index (κ3) is 6.87. The molecular weight excluding hydrogens is 581 g/mol. The van der Waals surface area contributed by atoms with E-state index >= 15 is 0 Å². The maximum atomic E-state index is 14.0. The van der Waals surface area contributed by atoms with Crippen molar-refractivity contribution in [3.8, 4) is 0 Å². The first-order valence-electron chi connectivity index (χ1n) is 14.7. The van der Waals surface area contributed by atoms with Crippen LogP contribution in [0.1, 0.15) is 54.6 Å². The fourth-order valence-electron chi connectivity index (χ4n) is 5.56. The lowest BCUT2D eigenvalue weighted by molar-refractivity contribution is -0.141. The zero-order valence-electron chi connectivity index (χ0n) is 24.4. The number of nitrogens with zero attached hydrogens (tertiary/aromatic N) is 2. The first kappa shape index (κ1) is 30.6. The molecular formula is C35H35Cl2N3O3. The zero-order chi connectivity index (χ0) is 30.5. The number of hydrogen-bond donors (Lipinski definition) is 1. The van der Waals surface area contributed by atoms with Crippen LogP contribution in [-0.2, 0) is 22.6 Å². The molecule has 4 aromatic carbocycles. The van der Waals surface area contributed by atoms with E-state index in [0.29, 0.717) is 35.0 Å². The summed E-state index contributed by atoms with van der Waals surface area (Å²) in [7, 11) is 0. The van der Waals surface area contributed by atoms with Gasteiger partial charge >= 0.3 is 0 Å². The van der Waals surface area contributed by atoms with E-state index in [9.17, 15) is 14.4 Å². The van der Waals surface area contributed by atoms with Crippen molar-refractivity contribution in [1.29, 1.82) is 0 Å². The zero-order valence-corrected chi connectivity index (χ0v) is 25.9. The van der Waals surface area contributed by atoms with E-state index < -0.39 is 6.04 Å². The molecule has 2 atom stereocenters. The van der Waals surface area contributed by atoms with Crippen LogP contribution >= 0.6 is 23.2 Å². The topological polar surface area (TPSA) is 69.7 Å². The van der Waals surface area contributed by atoms with Crippen molar-refractivity contribution in [2.24, 2.45) is 0 Å². The number of nitrogens with one attached hydrogen (secondary N) is 1. The molecule has 1 N–H and O–H groups in total. The number of amides is 3. The number of hydrogen-bond acceptors (Lipinski definition) is 3. The highest BCUT2D eigenvalue weighted by Crippen LogP contribution is 2.37. The smallest absolute Gasteiger partial charge is 0.258 e. The van der Waals surface area contributed by atoms with E-state index in [-0.39, 0.29) is 36.7 Å². The van der Waals surface area contributed by atoms with Gasteiger partial charge in [-0.25, -0.2) is 0 Å². The van der Waals surface area contributed by atoms with Gasteiger partial charge in [-0.2, -0.15) is 0 Å². The van der Waals surface area contributed by atoms with Gasteiger partial charge in [0.25, 0.3) is 5.91 Å². The number of benzene rings is 4. The summed E-state index contributed by atoms with van der Waals surface area (Å²) in [5.41, 5.74) is 3.28. The molecule has 0 unspecified atom stereocenters. The van der Waals surface area contributed by atoms with Gasteiger partial charge in [-0.05, 0) is 60.5 Å². The van der Waals surface area contributed by atoms with Crippen molar-refractivity contribution in [3.63, 3.8) is 0 Å². The van der Waals surface area contributed by atoms with Gasteiger partial charge in [0.05, 0.1) is 15.7 Å². The molecule has 1 heterocycles. The van der Waals surface area contributed by atoms with Crippen molar-refractivity contribution in [2.75, 3.05) is 11.4 Å². The Bertz CT molecular complexity index is 1640. The molecule has 8 heteroatoms. The van der Waals surface area contributed by atoms with Crippen molar-refractivity contribution < 1.29 is 14.4 Å². The number of carbonyl (C=O) groups excluding carboxylic acids is 3. The fraction of sp³-hybridized carbons (Fsp3) is 0.286. The Morgan fingerprint density at radius 2 is 1.65 bits per heavy atom. The second-order valence-electron chi connectivity index (χ2n) is 11.0. The lowest BCUT2D eigenvalue weighted by atomic mass is 10.0. The third-order valence-corrected chi connectivity index (χ3v) is 8.77. The van der Waals surface area contributed by atoms with Crippen LogP contribution in [0.3, 0.4) is 0 Å². The molecule has 0 aromatic heterocycles. The fourth-order valence-corrected chi connectivity index (χ4v) is 5.88. The first-order valence-corrected chi connectivity index (χ1v) is 15.4. The number of rotatable bonds is 12. The highest BCUT2D eigenvalue weighted by atomic mass is 35.5. The largest absolute Gasteiger partial charge is 0.352 e. The van der Waals surface area contributed by atoms with Crippen molar-refractivity contribution >= 4 is 57.4 Å². The highest BCUT2D eigenvalue weighted by molar-refractivity contribution is 6.42. The van der Waals surface area contributed by atoms with Crippen LogP contribution < -0.4 is 10.2 Å². The second-order valence-corrected chi connectivity index (χ2v) is 11.8. The summed E-state index contributed by atoms with van der Waals surface area (Å²) in [5, 5.41) is 5.86. The van der Waals surface area contributed by atoms with Crippen LogP contribution in [0.15, 0.2) is 84.9 Å². The molecule has 0 aliphatic carbocycles. The quantitative estimate of drug-likeness (QED) is 0.180. The van der Waals surface area contributed by atoms with Crippen molar-refractivity contribution in [1.82, 2.24) is 10.2 Å². The minimum absolute atomic E-state index is 0.0433. The van der Waals surface area contributed by atoms with Crippen LogP contribution in [0.5, 0.6) is 0 Å². The van der Waals surface area contributed by atoms with Gasteiger partial charge in [0.2, 0.25) is 11.8 Å². The van der Waals surface area contributed by atoms with Gasteiger partial charge < -0.3 is 15.1 Å². The van der Waals surface area contributed by atoms with Crippen molar-refractivity contribution in [2.45, 2.75) is 58.2 Å². The van der Waals surface area contributed by atoms with E-state index in [1.807, 2.05) is 86.6 Å². The number of carbonyl (C=O) groups is 3. The molecule has 4 aromatic rings. The summed E-state index contributed by atoms with van der Waals surface area (Å²) in [5.74, 6) is -0.432. The van der Waals surface area contributed by atoms with E-state index in [1.165, 1.54) is 0 Å². The normalized spacial score (nSPS) is 13.7. The Hall–Kier alpha value is -3.87. The Morgan fingerprint density at radius 3 is 2.37 bits per heavy atom. The van der Waals surface area contributed by atoms with Gasteiger partial charge in [-0.3, -0.25) is 14.4 Å². The molecule has 3 amide bonds. The molecule has 1 aliphatic rings. The lowest BCUT2D eigenvalue weighted by Gasteiger charge is -2.32. The summed E-state index contributed by atoms with van der Waals surface area (Å²) < 4.78 is 0. The van der Waals surface area contributed by atoms with Gasteiger partial charge in [0.1, 0.15) is 6.04 Å². The van der Waals surface area contributed by atoms with Crippen LogP contribution in [0.4, 0.5) is 5.69 Å². The van der Waals surface area contributed by atoms with E-state index in [2.05, 4.69) is 5.32 Å². The van der Waals surface area contributed by atoms with E-state index in [1.54, 1.807) is 21.9 Å². The molecule has 1 aliphatic heterocycles. The number of halogens is 2. The molecule has 5 rings (SSSR count). The average molecular weight is 617 g/mol. The Balaban J connectivity index is 1.39. The van der Waals surface area contributed by atoms with Gasteiger partial charge in [0, 0.05) is 42.9 Å². The highest BCUT2D eigenvalue weighted by Gasteiger charge is 2.32. The van der Waals surface area contributed by atoms with E-state index in [0.717, 1.165) is 34.0 Å². The maximum absolute atomic E-state index is 14.0. The van der Waals surface area contributed by atoms with Crippen LogP contribution in [0.25, 0.3) is 10.8 Å². The SMILES string of the molecule is CC[C@@H](C)NC(=O)[C@H](Cc1ccccc1)N(Cc1ccc(Cl)c(Cl)c1)C(=O)CCCN1C(=O)c2cccc3cccc1c23. The molecule has 0 spiro atoms. The summed E-state index contributed by atoms with van der Waals surface area (Å²) in [6.45, 7) is 4.54. The van der Waals surface area contributed by atoms with Crippen LogP contribution in [-0.4, -0.2) is 41.2 Å². The van der Waals surface area contributed by atoms with Gasteiger partial charge in [-0.1, -0.05) is 90.8 Å². The molecule has 0 saturated carbocycles. The van der Waals surface area contributed by atoms with Crippen LogP contribution in [0.2, 0.25) is 10.0 Å². The minimum Gasteiger partial charge on any atom is -0.352 e. The van der Waals surface area contributed by atoms with Crippen molar-refractivity contribution in [3.05, 3.63) is 112 Å². The molecule has 0 fully saturated rings. The number of anilines is 1. The molecule has 222 valence electrons. The monoisotopic (exact) mass is 615 g/mol. The maximum Gasteiger partial charge on any atom is 0.258 e.